The van der Waals surface area contributed by atoms with E-state index in [2.05, 4.69) is 52.1 Å². The Morgan fingerprint density at radius 1 is 1.44 bits per heavy atom. The van der Waals surface area contributed by atoms with Crippen LogP contribution in [0.1, 0.15) is 30.7 Å². The number of ether oxygens (including phenoxy) is 1. The van der Waals surface area contributed by atoms with E-state index in [9.17, 15) is 0 Å². The molecule has 3 heteroatoms. The van der Waals surface area contributed by atoms with Crippen molar-refractivity contribution in [1.29, 1.82) is 0 Å². The standard InChI is InChI=1S/C15H20BrNO/c1-2-18-8-4-7-17-15-10-13(11-15)12-5-3-6-14(16)9-12/h2-3,5-6,9,13,15,17H,1,4,7-8,10-11H2. The molecule has 1 N–H and O–H groups in total. The molecule has 2 rings (SSSR count). The third-order valence-electron chi connectivity index (χ3n) is 3.45. The molecule has 98 valence electrons. The molecule has 0 amide bonds. The van der Waals surface area contributed by atoms with Crippen molar-refractivity contribution in [2.75, 3.05) is 13.2 Å². The summed E-state index contributed by atoms with van der Waals surface area (Å²) in [6, 6.07) is 9.34. The fraction of sp³-hybridized carbons (Fsp3) is 0.467. The van der Waals surface area contributed by atoms with E-state index < -0.39 is 0 Å². The van der Waals surface area contributed by atoms with Gasteiger partial charge in [-0.15, -0.1) is 0 Å². The van der Waals surface area contributed by atoms with Gasteiger partial charge in [0, 0.05) is 10.5 Å². The third-order valence-corrected chi connectivity index (χ3v) is 3.94. The second-order valence-corrected chi connectivity index (χ2v) is 5.68. The van der Waals surface area contributed by atoms with Crippen molar-refractivity contribution in [3.05, 3.63) is 47.1 Å². The van der Waals surface area contributed by atoms with Gasteiger partial charge in [-0.25, -0.2) is 0 Å². The number of nitrogens with one attached hydrogen (secondary N) is 1. The van der Waals surface area contributed by atoms with Gasteiger partial charge >= 0.3 is 0 Å². The third kappa shape index (κ3) is 3.85. The minimum absolute atomic E-state index is 0.678. The van der Waals surface area contributed by atoms with Crippen molar-refractivity contribution in [2.45, 2.75) is 31.2 Å². The SMILES string of the molecule is C=COCCCNC1CC(c2cccc(Br)c2)C1. The summed E-state index contributed by atoms with van der Waals surface area (Å²) in [5.41, 5.74) is 1.46. The van der Waals surface area contributed by atoms with Gasteiger partial charge in [-0.05, 0) is 49.4 Å². The Labute approximate surface area is 118 Å². The van der Waals surface area contributed by atoms with Crippen LogP contribution >= 0.6 is 15.9 Å². The molecule has 0 heterocycles. The van der Waals surface area contributed by atoms with Gasteiger partial charge in [0.15, 0.2) is 0 Å². The van der Waals surface area contributed by atoms with Gasteiger partial charge in [0.1, 0.15) is 0 Å². The lowest BCUT2D eigenvalue weighted by Crippen LogP contribution is -2.40. The van der Waals surface area contributed by atoms with Crippen LogP contribution in [0.4, 0.5) is 0 Å². The number of halogens is 1. The molecule has 1 aliphatic rings. The predicted molar refractivity (Wildman–Crippen MR) is 78.7 cm³/mol. The molecule has 0 spiro atoms. The zero-order valence-corrected chi connectivity index (χ0v) is 12.2. The maximum Gasteiger partial charge on any atom is 0.0885 e. The highest BCUT2D eigenvalue weighted by molar-refractivity contribution is 9.10. The van der Waals surface area contributed by atoms with Gasteiger partial charge in [0.05, 0.1) is 12.9 Å². The summed E-state index contributed by atoms with van der Waals surface area (Å²) in [6.07, 6.45) is 5.05. The second kappa shape index (κ2) is 6.95. The number of hydrogen-bond acceptors (Lipinski definition) is 2. The van der Waals surface area contributed by atoms with Crippen LogP contribution in [0.3, 0.4) is 0 Å². The molecule has 0 aliphatic heterocycles. The van der Waals surface area contributed by atoms with E-state index in [0.717, 1.165) is 25.5 Å². The second-order valence-electron chi connectivity index (χ2n) is 4.77. The van der Waals surface area contributed by atoms with Crippen molar-refractivity contribution in [2.24, 2.45) is 0 Å². The summed E-state index contributed by atoms with van der Waals surface area (Å²) >= 11 is 3.53. The van der Waals surface area contributed by atoms with Crippen LogP contribution in [0, 0.1) is 0 Å². The molecule has 0 atom stereocenters. The van der Waals surface area contributed by atoms with E-state index in [4.69, 9.17) is 4.74 Å². The van der Waals surface area contributed by atoms with Crippen LogP contribution in [0.5, 0.6) is 0 Å². The normalized spacial score (nSPS) is 22.3. The Morgan fingerprint density at radius 3 is 3.00 bits per heavy atom. The molecular formula is C15H20BrNO. The fourth-order valence-electron chi connectivity index (χ4n) is 2.36. The first kappa shape index (κ1) is 13.6. The first-order chi connectivity index (χ1) is 8.79. The van der Waals surface area contributed by atoms with Gasteiger partial charge < -0.3 is 10.1 Å². The molecule has 1 aliphatic carbocycles. The van der Waals surface area contributed by atoms with Crippen LogP contribution in [-0.2, 0) is 4.74 Å². The molecule has 0 aromatic heterocycles. The lowest BCUT2D eigenvalue weighted by Gasteiger charge is -2.36. The Hall–Kier alpha value is -0.800. The quantitative estimate of drug-likeness (QED) is 0.610. The Bertz CT molecular complexity index is 388. The maximum atomic E-state index is 5.09. The van der Waals surface area contributed by atoms with Gasteiger partial charge in [0.2, 0.25) is 0 Å². The molecule has 0 saturated heterocycles. The lowest BCUT2D eigenvalue weighted by molar-refractivity contribution is 0.232. The fourth-order valence-corrected chi connectivity index (χ4v) is 2.78. The van der Waals surface area contributed by atoms with Gasteiger partial charge in [-0.2, -0.15) is 0 Å². The number of hydrogen-bond donors (Lipinski definition) is 1. The molecule has 1 saturated carbocycles. The average Bonchev–Trinajstić information content (AvgIpc) is 2.31. The molecule has 1 aromatic rings. The van der Waals surface area contributed by atoms with Crippen molar-refractivity contribution >= 4 is 15.9 Å². The molecule has 2 nitrogen and oxygen atoms in total. The largest absolute Gasteiger partial charge is 0.502 e. The molecule has 1 fully saturated rings. The molecule has 0 radical (unpaired) electrons. The summed E-state index contributed by atoms with van der Waals surface area (Å²) in [7, 11) is 0. The number of rotatable bonds is 7. The van der Waals surface area contributed by atoms with Crippen LogP contribution in [0.2, 0.25) is 0 Å². The van der Waals surface area contributed by atoms with Gasteiger partial charge in [-0.1, -0.05) is 34.6 Å². The Morgan fingerprint density at radius 2 is 2.28 bits per heavy atom. The number of benzene rings is 1. The molecule has 0 bridgehead atoms. The highest BCUT2D eigenvalue weighted by Gasteiger charge is 2.29. The molecule has 1 aromatic carbocycles. The van der Waals surface area contributed by atoms with Crippen molar-refractivity contribution < 1.29 is 4.74 Å². The van der Waals surface area contributed by atoms with E-state index in [1.54, 1.807) is 0 Å². The summed E-state index contributed by atoms with van der Waals surface area (Å²) in [5, 5.41) is 3.57. The van der Waals surface area contributed by atoms with E-state index in [0.29, 0.717) is 6.04 Å². The van der Waals surface area contributed by atoms with Crippen molar-refractivity contribution in [1.82, 2.24) is 5.32 Å². The zero-order valence-electron chi connectivity index (χ0n) is 10.6. The summed E-state index contributed by atoms with van der Waals surface area (Å²) in [4.78, 5) is 0. The molecular weight excluding hydrogens is 290 g/mol. The predicted octanol–water partition coefficient (Wildman–Crippen LogP) is 3.83. The lowest BCUT2D eigenvalue weighted by atomic mass is 9.76. The van der Waals surface area contributed by atoms with Crippen molar-refractivity contribution in [3.63, 3.8) is 0 Å². The maximum absolute atomic E-state index is 5.09. The average molecular weight is 310 g/mol. The van der Waals surface area contributed by atoms with E-state index in [-0.39, 0.29) is 0 Å². The van der Waals surface area contributed by atoms with Gasteiger partial charge in [-0.3, -0.25) is 0 Å². The Kier molecular flexibility index (Phi) is 5.26. The van der Waals surface area contributed by atoms with Gasteiger partial charge in [0.25, 0.3) is 0 Å². The minimum atomic E-state index is 0.678. The summed E-state index contributed by atoms with van der Waals surface area (Å²) in [5.74, 6) is 0.726. The topological polar surface area (TPSA) is 21.3 Å². The van der Waals surface area contributed by atoms with E-state index in [1.165, 1.54) is 29.1 Å². The summed E-state index contributed by atoms with van der Waals surface area (Å²) in [6.45, 7) is 5.32. The molecule has 0 unspecified atom stereocenters. The van der Waals surface area contributed by atoms with E-state index >= 15 is 0 Å². The van der Waals surface area contributed by atoms with Crippen LogP contribution in [0.25, 0.3) is 0 Å². The highest BCUT2D eigenvalue weighted by atomic mass is 79.9. The first-order valence-corrected chi connectivity index (χ1v) is 7.30. The van der Waals surface area contributed by atoms with Crippen molar-refractivity contribution in [3.8, 4) is 0 Å². The van der Waals surface area contributed by atoms with Crippen LogP contribution < -0.4 is 5.32 Å². The van der Waals surface area contributed by atoms with Crippen LogP contribution in [0.15, 0.2) is 41.6 Å². The summed E-state index contributed by atoms with van der Waals surface area (Å²) < 4.78 is 6.27. The first-order valence-electron chi connectivity index (χ1n) is 6.51. The zero-order chi connectivity index (χ0) is 12.8. The van der Waals surface area contributed by atoms with E-state index in [1.807, 2.05) is 0 Å². The monoisotopic (exact) mass is 309 g/mol. The molecule has 18 heavy (non-hydrogen) atoms. The highest BCUT2D eigenvalue weighted by Crippen LogP contribution is 2.37. The smallest absolute Gasteiger partial charge is 0.0885 e. The minimum Gasteiger partial charge on any atom is -0.502 e. The Balaban J connectivity index is 1.63. The van der Waals surface area contributed by atoms with Crippen LogP contribution in [-0.4, -0.2) is 19.2 Å².